The molecule has 0 aliphatic carbocycles. The molecule has 3 aromatic heterocycles. The molecule has 5 nitrogen and oxygen atoms in total. The molecule has 0 spiro atoms. The summed E-state index contributed by atoms with van der Waals surface area (Å²) in [4.78, 5) is 9.43. The van der Waals surface area contributed by atoms with E-state index in [-0.39, 0.29) is 0 Å². The molecule has 0 saturated heterocycles. The Morgan fingerprint density at radius 2 is 1.73 bits per heavy atom. The third kappa shape index (κ3) is 4.41. The third-order valence-corrected chi connectivity index (χ3v) is 5.41. The van der Waals surface area contributed by atoms with Gasteiger partial charge in [-0.1, -0.05) is 29.5 Å². The second-order valence-corrected chi connectivity index (χ2v) is 7.43. The number of nitrogens with zero attached hydrogens (tertiary/aromatic N) is 3. The van der Waals surface area contributed by atoms with Gasteiger partial charge in [0.1, 0.15) is 0 Å². The number of halogens is 3. The van der Waals surface area contributed by atoms with E-state index in [1.165, 1.54) is 35.9 Å². The summed E-state index contributed by atoms with van der Waals surface area (Å²) >= 11 is 1.37. The highest BCUT2D eigenvalue weighted by molar-refractivity contribution is 7.19. The van der Waals surface area contributed by atoms with Gasteiger partial charge in [0.25, 0.3) is 0 Å². The van der Waals surface area contributed by atoms with Gasteiger partial charge >= 0.3 is 6.18 Å². The summed E-state index contributed by atoms with van der Waals surface area (Å²) in [5, 5.41) is 15.2. The second kappa shape index (κ2) is 8.11. The molecule has 0 atom stereocenters. The van der Waals surface area contributed by atoms with Crippen LogP contribution in [0.2, 0.25) is 0 Å². The molecular weight excluding hydrogens is 413 g/mol. The van der Waals surface area contributed by atoms with Crippen molar-refractivity contribution in [3.63, 3.8) is 0 Å². The van der Waals surface area contributed by atoms with Crippen molar-refractivity contribution >= 4 is 16.5 Å². The summed E-state index contributed by atoms with van der Waals surface area (Å²) in [6, 6.07) is 12.0. The number of benzene rings is 1. The lowest BCUT2D eigenvalue weighted by atomic mass is 10.1. The van der Waals surface area contributed by atoms with E-state index in [1.807, 2.05) is 12.1 Å². The van der Waals surface area contributed by atoms with E-state index in [0.717, 1.165) is 28.1 Å². The maximum absolute atomic E-state index is 12.9. The van der Waals surface area contributed by atoms with Crippen LogP contribution in [-0.2, 0) is 12.7 Å². The Kier molecular flexibility index (Phi) is 5.37. The molecule has 0 fully saturated rings. The first kappa shape index (κ1) is 19.8. The molecule has 4 rings (SSSR count). The average molecular weight is 428 g/mol. The fraction of sp³-hybridized carbons (Fsp3) is 0.0952. The molecule has 0 saturated carbocycles. The molecule has 3 heterocycles. The summed E-state index contributed by atoms with van der Waals surface area (Å²) in [6.45, 7) is 0.503. The van der Waals surface area contributed by atoms with Gasteiger partial charge in [0, 0.05) is 42.2 Å². The van der Waals surface area contributed by atoms with Crippen LogP contribution in [0.15, 0.2) is 73.3 Å². The number of hydrogen-bond acceptors (Lipinski definition) is 5. The molecule has 0 bridgehead atoms. The van der Waals surface area contributed by atoms with Crippen molar-refractivity contribution in [2.75, 3.05) is 5.32 Å². The minimum Gasteiger partial charge on any atom is -0.619 e. The molecule has 9 heteroatoms. The first-order chi connectivity index (χ1) is 14.4. The van der Waals surface area contributed by atoms with Crippen LogP contribution in [0.1, 0.15) is 11.1 Å². The fourth-order valence-corrected chi connectivity index (χ4v) is 3.84. The van der Waals surface area contributed by atoms with Crippen LogP contribution in [0.3, 0.4) is 0 Å². The van der Waals surface area contributed by atoms with Gasteiger partial charge in [0.2, 0.25) is 0 Å². The van der Waals surface area contributed by atoms with Crippen molar-refractivity contribution in [2.24, 2.45) is 0 Å². The maximum atomic E-state index is 12.9. The highest BCUT2D eigenvalue weighted by Crippen LogP contribution is 2.40. The zero-order chi connectivity index (χ0) is 21.1. The topological polar surface area (TPSA) is 64.8 Å². The summed E-state index contributed by atoms with van der Waals surface area (Å²) in [6.07, 6.45) is 1.76. The number of alkyl halides is 3. The normalized spacial score (nSPS) is 11.4. The van der Waals surface area contributed by atoms with Crippen LogP contribution in [0.4, 0.5) is 18.3 Å². The molecule has 1 N–H and O–H groups in total. The Labute approximate surface area is 174 Å². The average Bonchev–Trinajstić information content (AvgIpc) is 3.17. The lowest BCUT2D eigenvalue weighted by Gasteiger charge is -2.07. The quantitative estimate of drug-likeness (QED) is 0.353. The van der Waals surface area contributed by atoms with Crippen LogP contribution in [0, 0.1) is 5.21 Å². The number of pyridine rings is 2. The van der Waals surface area contributed by atoms with Gasteiger partial charge in [-0.15, -0.1) is 0 Å². The summed E-state index contributed by atoms with van der Waals surface area (Å²) in [7, 11) is 0. The smallest absolute Gasteiger partial charge is 0.416 e. The highest BCUT2D eigenvalue weighted by Gasteiger charge is 2.30. The van der Waals surface area contributed by atoms with Gasteiger partial charge in [-0.3, -0.25) is 4.98 Å². The fourth-order valence-electron chi connectivity index (χ4n) is 2.85. The Hall–Kier alpha value is -3.46. The number of hydrogen-bond donors (Lipinski definition) is 1. The third-order valence-electron chi connectivity index (χ3n) is 4.34. The van der Waals surface area contributed by atoms with Crippen LogP contribution < -0.4 is 10.0 Å². The van der Waals surface area contributed by atoms with E-state index in [2.05, 4.69) is 15.3 Å². The van der Waals surface area contributed by atoms with Crippen LogP contribution in [0.5, 0.6) is 0 Å². The Morgan fingerprint density at radius 3 is 2.37 bits per heavy atom. The van der Waals surface area contributed by atoms with Crippen molar-refractivity contribution in [3.8, 4) is 21.7 Å². The minimum atomic E-state index is -4.40. The van der Waals surface area contributed by atoms with E-state index in [0.29, 0.717) is 27.7 Å². The first-order valence-electron chi connectivity index (χ1n) is 8.90. The van der Waals surface area contributed by atoms with E-state index < -0.39 is 11.7 Å². The van der Waals surface area contributed by atoms with E-state index in [9.17, 15) is 18.4 Å². The second-order valence-electron chi connectivity index (χ2n) is 6.43. The van der Waals surface area contributed by atoms with E-state index in [4.69, 9.17) is 0 Å². The van der Waals surface area contributed by atoms with Gasteiger partial charge in [-0.05, 0) is 23.8 Å². The molecule has 152 valence electrons. The predicted molar refractivity (Wildman–Crippen MR) is 109 cm³/mol. The highest BCUT2D eigenvalue weighted by atomic mass is 32.1. The number of aromatic nitrogens is 3. The summed E-state index contributed by atoms with van der Waals surface area (Å²) in [5.74, 6) is 0. The lowest BCUT2D eigenvalue weighted by Crippen LogP contribution is -2.23. The van der Waals surface area contributed by atoms with E-state index >= 15 is 0 Å². The van der Waals surface area contributed by atoms with Gasteiger partial charge in [-0.25, -0.2) is 4.98 Å². The number of rotatable bonds is 5. The Morgan fingerprint density at radius 1 is 1.00 bits per heavy atom. The van der Waals surface area contributed by atoms with Crippen molar-refractivity contribution < 1.29 is 17.9 Å². The zero-order valence-electron chi connectivity index (χ0n) is 15.4. The molecule has 0 unspecified atom stereocenters. The van der Waals surface area contributed by atoms with Crippen molar-refractivity contribution in [3.05, 3.63) is 89.7 Å². The molecule has 1 aromatic carbocycles. The van der Waals surface area contributed by atoms with Gasteiger partial charge in [0.15, 0.2) is 17.5 Å². The predicted octanol–water partition coefficient (Wildman–Crippen LogP) is 5.14. The van der Waals surface area contributed by atoms with Crippen molar-refractivity contribution in [1.29, 1.82) is 0 Å². The molecule has 0 amide bonds. The van der Waals surface area contributed by atoms with Gasteiger partial charge < -0.3 is 10.5 Å². The molecular formula is C21H15F3N4OS. The number of anilines is 1. The zero-order valence-corrected chi connectivity index (χ0v) is 16.2. The van der Waals surface area contributed by atoms with Crippen LogP contribution >= 0.6 is 11.3 Å². The van der Waals surface area contributed by atoms with Gasteiger partial charge in [0.05, 0.1) is 16.1 Å². The molecule has 30 heavy (non-hydrogen) atoms. The summed E-state index contributed by atoms with van der Waals surface area (Å²) < 4.78 is 39.4. The molecule has 4 aromatic rings. The number of thiazole rings is 1. The lowest BCUT2D eigenvalue weighted by molar-refractivity contribution is -0.605. The Balaban J connectivity index is 1.70. The van der Waals surface area contributed by atoms with Crippen LogP contribution in [0.25, 0.3) is 21.7 Å². The Bertz CT molecular complexity index is 1130. The SMILES string of the molecule is [O-][n+]1ccc(-c2sc(NCc3cccnc3)nc2-c2ccc(C(F)(F)F)cc2)cc1. The van der Waals surface area contributed by atoms with Crippen molar-refractivity contribution in [2.45, 2.75) is 12.7 Å². The standard InChI is InChI=1S/C21H15F3N4OS/c22-21(23,24)17-5-3-15(4-6-17)18-19(16-7-10-28(29)11-8-16)30-20(27-18)26-13-14-2-1-9-25-12-14/h1-12H,13H2,(H,26,27). The molecule has 0 aliphatic rings. The minimum absolute atomic E-state index is 0.503. The first-order valence-corrected chi connectivity index (χ1v) is 9.72. The van der Waals surface area contributed by atoms with Crippen LogP contribution in [-0.4, -0.2) is 9.97 Å². The van der Waals surface area contributed by atoms with Gasteiger partial charge in [-0.2, -0.15) is 17.9 Å². The monoisotopic (exact) mass is 428 g/mol. The maximum Gasteiger partial charge on any atom is 0.416 e. The molecule has 0 radical (unpaired) electrons. The largest absolute Gasteiger partial charge is 0.619 e. The van der Waals surface area contributed by atoms with E-state index in [1.54, 1.807) is 24.5 Å². The van der Waals surface area contributed by atoms with Crippen molar-refractivity contribution in [1.82, 2.24) is 9.97 Å². The number of nitrogens with one attached hydrogen (secondary N) is 1. The summed E-state index contributed by atoms with van der Waals surface area (Å²) in [5.41, 5.74) is 2.11. The molecule has 0 aliphatic heterocycles.